The van der Waals surface area contributed by atoms with E-state index in [1.54, 1.807) is 22.8 Å². The van der Waals surface area contributed by atoms with Crippen molar-refractivity contribution < 1.29 is 17.9 Å². The number of ether oxygens (including phenoxy) is 1. The molecule has 0 spiro atoms. The van der Waals surface area contributed by atoms with E-state index in [9.17, 15) is 18.0 Å². The van der Waals surface area contributed by atoms with Crippen LogP contribution in [0.25, 0.3) is 22.2 Å². The number of sulfonamides is 1. The van der Waals surface area contributed by atoms with Crippen molar-refractivity contribution in [2.24, 2.45) is 0 Å². The second kappa shape index (κ2) is 8.95. The van der Waals surface area contributed by atoms with Crippen molar-refractivity contribution in [3.8, 4) is 16.9 Å². The summed E-state index contributed by atoms with van der Waals surface area (Å²) in [6, 6.07) is 18.3. The summed E-state index contributed by atoms with van der Waals surface area (Å²) in [6.45, 7) is 2.46. The Morgan fingerprint density at radius 3 is 2.52 bits per heavy atom. The number of imidazole rings is 1. The highest BCUT2D eigenvalue weighted by Crippen LogP contribution is 2.31. The van der Waals surface area contributed by atoms with Gasteiger partial charge in [-0.1, -0.05) is 37.3 Å². The Morgan fingerprint density at radius 1 is 1.06 bits per heavy atom. The lowest BCUT2D eigenvalue weighted by molar-refractivity contribution is 0.0981. The molecule has 9 heteroatoms. The number of methoxy groups -OCH3 is 1. The minimum atomic E-state index is -4.17. The van der Waals surface area contributed by atoms with Gasteiger partial charge in [0.15, 0.2) is 0 Å². The van der Waals surface area contributed by atoms with E-state index in [1.165, 1.54) is 25.3 Å². The lowest BCUT2D eigenvalue weighted by Crippen LogP contribution is -2.30. The van der Waals surface area contributed by atoms with Gasteiger partial charge >= 0.3 is 5.69 Å². The van der Waals surface area contributed by atoms with E-state index in [0.717, 1.165) is 12.0 Å². The quantitative estimate of drug-likeness (QED) is 0.434. The van der Waals surface area contributed by atoms with E-state index in [-0.39, 0.29) is 16.1 Å². The fourth-order valence-electron chi connectivity index (χ4n) is 3.69. The highest BCUT2D eigenvalue weighted by Gasteiger charge is 2.21. The van der Waals surface area contributed by atoms with Gasteiger partial charge in [0.05, 0.1) is 23.0 Å². The molecule has 4 aromatic rings. The molecule has 8 nitrogen and oxygen atoms in total. The fraction of sp³-hybridized carbons (Fsp3) is 0.167. The molecule has 2 N–H and O–H groups in total. The lowest BCUT2D eigenvalue weighted by atomic mass is 10.0. The summed E-state index contributed by atoms with van der Waals surface area (Å²) in [6.07, 6.45) is 0.760. The number of hydrogen-bond donors (Lipinski definition) is 2. The largest absolute Gasteiger partial charge is 0.496 e. The first-order chi connectivity index (χ1) is 15.8. The second-order valence-electron chi connectivity index (χ2n) is 7.48. The van der Waals surface area contributed by atoms with E-state index in [0.29, 0.717) is 28.9 Å². The van der Waals surface area contributed by atoms with E-state index in [1.807, 2.05) is 37.3 Å². The molecular weight excluding hydrogens is 442 g/mol. The Bertz CT molecular complexity index is 1490. The van der Waals surface area contributed by atoms with Crippen LogP contribution in [0.5, 0.6) is 5.75 Å². The maximum Gasteiger partial charge on any atom is 0.326 e. The normalized spacial score (nSPS) is 11.5. The van der Waals surface area contributed by atoms with Gasteiger partial charge in [-0.2, -0.15) is 0 Å². The maximum atomic E-state index is 12.9. The highest BCUT2D eigenvalue weighted by molar-refractivity contribution is 7.90. The van der Waals surface area contributed by atoms with Crippen LogP contribution in [-0.4, -0.2) is 31.0 Å². The summed E-state index contributed by atoms with van der Waals surface area (Å²) in [4.78, 5) is 27.5. The van der Waals surface area contributed by atoms with Crippen molar-refractivity contribution in [3.05, 3.63) is 82.8 Å². The smallest absolute Gasteiger partial charge is 0.326 e. The van der Waals surface area contributed by atoms with E-state index in [4.69, 9.17) is 4.74 Å². The van der Waals surface area contributed by atoms with Gasteiger partial charge in [0.25, 0.3) is 15.9 Å². The highest BCUT2D eigenvalue weighted by atomic mass is 32.2. The average molecular weight is 466 g/mol. The van der Waals surface area contributed by atoms with Crippen LogP contribution in [0.3, 0.4) is 0 Å². The van der Waals surface area contributed by atoms with Gasteiger partial charge in [-0.05, 0) is 48.4 Å². The first kappa shape index (κ1) is 22.3. The van der Waals surface area contributed by atoms with Gasteiger partial charge in [0, 0.05) is 17.7 Å². The molecule has 1 heterocycles. The van der Waals surface area contributed by atoms with Crippen LogP contribution >= 0.6 is 0 Å². The number of carbonyl (C=O) groups is 1. The van der Waals surface area contributed by atoms with E-state index in [2.05, 4.69) is 9.71 Å². The minimum Gasteiger partial charge on any atom is -0.496 e. The Labute approximate surface area is 190 Å². The molecule has 4 rings (SSSR count). The first-order valence-electron chi connectivity index (χ1n) is 10.4. The molecule has 0 atom stereocenters. The second-order valence-corrected chi connectivity index (χ2v) is 9.16. The number of H-pyrrole nitrogens is 1. The van der Waals surface area contributed by atoms with Crippen LogP contribution in [0.2, 0.25) is 0 Å². The zero-order chi connectivity index (χ0) is 23.6. The molecule has 3 aromatic carbocycles. The van der Waals surface area contributed by atoms with Crippen molar-refractivity contribution in [2.45, 2.75) is 24.8 Å². The third-order valence-electron chi connectivity index (χ3n) is 5.28. The monoisotopic (exact) mass is 465 g/mol. The number of aromatic amines is 1. The van der Waals surface area contributed by atoms with Gasteiger partial charge in [-0.15, -0.1) is 0 Å². The molecule has 0 bridgehead atoms. The van der Waals surface area contributed by atoms with Gasteiger partial charge in [0.2, 0.25) is 0 Å². The zero-order valence-electron chi connectivity index (χ0n) is 18.2. The molecule has 0 fully saturated rings. The summed E-state index contributed by atoms with van der Waals surface area (Å²) in [5.74, 6) is -0.210. The van der Waals surface area contributed by atoms with Crippen LogP contribution in [-0.2, 0) is 16.6 Å². The number of aryl methyl sites for hydroxylation is 1. The number of nitrogens with zero attached hydrogens (tertiary/aromatic N) is 1. The molecule has 0 aliphatic heterocycles. The van der Waals surface area contributed by atoms with Crippen LogP contribution < -0.4 is 15.1 Å². The number of nitrogens with one attached hydrogen (secondary N) is 2. The number of fused-ring (bicyclic) bond motifs is 1. The lowest BCUT2D eigenvalue weighted by Gasteiger charge is -2.12. The Morgan fingerprint density at radius 2 is 1.82 bits per heavy atom. The molecule has 0 radical (unpaired) electrons. The third kappa shape index (κ3) is 4.40. The van der Waals surface area contributed by atoms with Crippen LogP contribution in [0.4, 0.5) is 0 Å². The predicted octanol–water partition coefficient (Wildman–Crippen LogP) is 3.53. The van der Waals surface area contributed by atoms with Crippen molar-refractivity contribution in [3.63, 3.8) is 0 Å². The van der Waals surface area contributed by atoms with Gasteiger partial charge in [-0.25, -0.2) is 17.9 Å². The molecule has 0 saturated heterocycles. The Kier molecular flexibility index (Phi) is 6.06. The van der Waals surface area contributed by atoms with Crippen LogP contribution in [0, 0.1) is 0 Å². The number of aromatic nitrogens is 2. The summed E-state index contributed by atoms with van der Waals surface area (Å²) in [7, 11) is -2.64. The topological polar surface area (TPSA) is 110 Å². The predicted molar refractivity (Wildman–Crippen MR) is 126 cm³/mol. The summed E-state index contributed by atoms with van der Waals surface area (Å²) < 4.78 is 34.9. The molecule has 1 amide bonds. The first-order valence-corrected chi connectivity index (χ1v) is 11.9. The SMILES string of the molecule is CCCn1c(=O)[nH]c2cc(S(=O)(=O)NC(=O)c3ccc(OC)c(-c4ccccc4)c3)ccc21. The molecule has 0 aliphatic rings. The van der Waals surface area contributed by atoms with Gasteiger partial charge in [-0.3, -0.25) is 9.36 Å². The van der Waals surface area contributed by atoms with Crippen molar-refractivity contribution in [1.29, 1.82) is 0 Å². The molecule has 0 aliphatic carbocycles. The summed E-state index contributed by atoms with van der Waals surface area (Å²) in [5.41, 5.74) is 2.35. The molecule has 0 unspecified atom stereocenters. The number of amides is 1. The average Bonchev–Trinajstić information content (AvgIpc) is 3.13. The molecule has 1 aromatic heterocycles. The third-order valence-corrected chi connectivity index (χ3v) is 6.61. The molecular formula is C24H23N3O5S. The molecule has 170 valence electrons. The van der Waals surface area contributed by atoms with E-state index >= 15 is 0 Å². The summed E-state index contributed by atoms with van der Waals surface area (Å²) >= 11 is 0. The number of benzene rings is 3. The van der Waals surface area contributed by atoms with Crippen LogP contribution in [0.15, 0.2) is 76.4 Å². The molecule has 0 saturated carbocycles. The van der Waals surface area contributed by atoms with Crippen LogP contribution in [0.1, 0.15) is 23.7 Å². The van der Waals surface area contributed by atoms with Gasteiger partial charge in [0.1, 0.15) is 5.75 Å². The summed E-state index contributed by atoms with van der Waals surface area (Å²) in [5, 5.41) is 0. The number of rotatable bonds is 7. The Hall–Kier alpha value is -3.85. The van der Waals surface area contributed by atoms with Crippen molar-refractivity contribution in [2.75, 3.05) is 7.11 Å². The van der Waals surface area contributed by atoms with E-state index < -0.39 is 15.9 Å². The number of hydrogen-bond acceptors (Lipinski definition) is 5. The maximum absolute atomic E-state index is 12.9. The molecule has 33 heavy (non-hydrogen) atoms. The van der Waals surface area contributed by atoms with Crippen molar-refractivity contribution in [1.82, 2.24) is 14.3 Å². The van der Waals surface area contributed by atoms with Crippen molar-refractivity contribution >= 4 is 27.0 Å². The fourth-order valence-corrected chi connectivity index (χ4v) is 4.69. The number of carbonyl (C=O) groups excluding carboxylic acids is 1. The minimum absolute atomic E-state index is 0.120. The van der Waals surface area contributed by atoms with Gasteiger partial charge < -0.3 is 9.72 Å². The zero-order valence-corrected chi connectivity index (χ0v) is 19.0. The standard InChI is InChI=1S/C24H23N3O5S/c1-3-13-27-21-11-10-18(15-20(21)25-24(27)29)33(30,31)26-23(28)17-9-12-22(32-2)19(14-17)16-7-5-4-6-8-16/h4-12,14-15H,3,13H2,1-2H3,(H,25,29)(H,26,28). The Balaban J connectivity index is 1.65.